The minimum absolute atomic E-state index is 0.154. The van der Waals surface area contributed by atoms with Gasteiger partial charge in [-0.1, -0.05) is 12.8 Å². The van der Waals surface area contributed by atoms with Gasteiger partial charge in [-0.3, -0.25) is 0 Å². The van der Waals surface area contributed by atoms with Crippen LogP contribution in [0.3, 0.4) is 0 Å². The summed E-state index contributed by atoms with van der Waals surface area (Å²) in [6, 6.07) is 0.359. The van der Waals surface area contributed by atoms with Gasteiger partial charge in [0.25, 0.3) is 0 Å². The molecule has 0 amide bonds. The number of hydrogen-bond acceptors (Lipinski definition) is 2. The Labute approximate surface area is 90.4 Å². The number of alkyl halides is 2. The molecule has 0 bridgehead atoms. The molecule has 15 heavy (non-hydrogen) atoms. The van der Waals surface area contributed by atoms with Crippen molar-refractivity contribution in [3.05, 3.63) is 0 Å². The van der Waals surface area contributed by atoms with Crippen LogP contribution in [-0.2, 0) is 4.74 Å². The predicted octanol–water partition coefficient (Wildman–Crippen LogP) is 2.58. The molecular weight excluding hydrogens is 200 g/mol. The second-order valence-electron chi connectivity index (χ2n) is 4.40. The van der Waals surface area contributed by atoms with Gasteiger partial charge in [0.15, 0.2) is 0 Å². The Balaban J connectivity index is 2.03. The van der Waals surface area contributed by atoms with Crippen molar-refractivity contribution in [2.24, 2.45) is 0 Å². The molecule has 4 heteroatoms. The molecule has 1 N–H and O–H groups in total. The summed E-state index contributed by atoms with van der Waals surface area (Å²) in [5.74, 6) is -2.60. The van der Waals surface area contributed by atoms with Crippen LogP contribution in [0.5, 0.6) is 0 Å². The Bertz CT molecular complexity index is 162. The standard InChI is InChI=1S/C11H21F2NO/c1-11(12,13)6-8-15-9-10-5-3-2-4-7-14-10/h10,14H,2-9H2,1H3. The van der Waals surface area contributed by atoms with Gasteiger partial charge in [-0.2, -0.15) is 0 Å². The zero-order valence-corrected chi connectivity index (χ0v) is 9.40. The highest BCUT2D eigenvalue weighted by Gasteiger charge is 2.20. The molecule has 0 spiro atoms. The van der Waals surface area contributed by atoms with Gasteiger partial charge in [-0.25, -0.2) is 8.78 Å². The lowest BCUT2D eigenvalue weighted by atomic mass is 10.1. The lowest BCUT2D eigenvalue weighted by molar-refractivity contribution is -0.0192. The van der Waals surface area contributed by atoms with Gasteiger partial charge in [0.05, 0.1) is 13.2 Å². The summed E-state index contributed by atoms with van der Waals surface area (Å²) in [5, 5.41) is 3.37. The highest BCUT2D eigenvalue weighted by molar-refractivity contribution is 4.70. The second-order valence-corrected chi connectivity index (χ2v) is 4.40. The Morgan fingerprint density at radius 2 is 2.13 bits per heavy atom. The van der Waals surface area contributed by atoms with Crippen LogP contribution in [0.2, 0.25) is 0 Å². The summed E-state index contributed by atoms with van der Waals surface area (Å²) in [6.45, 7) is 2.68. The second kappa shape index (κ2) is 6.38. The molecule has 1 atom stereocenters. The van der Waals surface area contributed by atoms with Gasteiger partial charge in [0.1, 0.15) is 0 Å². The normalized spacial score (nSPS) is 23.8. The van der Waals surface area contributed by atoms with Gasteiger partial charge < -0.3 is 10.1 Å². The highest BCUT2D eigenvalue weighted by Crippen LogP contribution is 2.16. The van der Waals surface area contributed by atoms with Crippen LogP contribution < -0.4 is 5.32 Å². The largest absolute Gasteiger partial charge is 0.380 e. The summed E-state index contributed by atoms with van der Waals surface area (Å²) in [6.07, 6.45) is 4.60. The van der Waals surface area contributed by atoms with Crippen LogP contribution in [-0.4, -0.2) is 31.7 Å². The molecule has 0 aliphatic carbocycles. The first-order chi connectivity index (χ1) is 7.08. The molecule has 2 nitrogen and oxygen atoms in total. The first kappa shape index (κ1) is 12.8. The van der Waals surface area contributed by atoms with E-state index in [2.05, 4.69) is 5.32 Å². The molecule has 0 aromatic carbocycles. The zero-order chi connectivity index (χ0) is 11.1. The monoisotopic (exact) mass is 221 g/mol. The van der Waals surface area contributed by atoms with E-state index in [9.17, 15) is 8.78 Å². The van der Waals surface area contributed by atoms with Gasteiger partial charge in [0, 0.05) is 12.5 Å². The van der Waals surface area contributed by atoms with E-state index in [4.69, 9.17) is 4.74 Å². The Morgan fingerprint density at radius 1 is 1.33 bits per heavy atom. The summed E-state index contributed by atoms with van der Waals surface area (Å²) in [7, 11) is 0. The maximum absolute atomic E-state index is 12.5. The van der Waals surface area contributed by atoms with Gasteiger partial charge >= 0.3 is 0 Å². The maximum atomic E-state index is 12.5. The van der Waals surface area contributed by atoms with Crippen LogP contribution in [0, 0.1) is 0 Å². The van der Waals surface area contributed by atoms with E-state index < -0.39 is 5.92 Å². The molecule has 1 saturated heterocycles. The number of ether oxygens (including phenoxy) is 1. The minimum Gasteiger partial charge on any atom is -0.380 e. The third kappa shape index (κ3) is 6.79. The highest BCUT2D eigenvalue weighted by atomic mass is 19.3. The van der Waals surface area contributed by atoms with Gasteiger partial charge in [0.2, 0.25) is 5.92 Å². The molecule has 1 unspecified atom stereocenters. The Hall–Kier alpha value is -0.220. The summed E-state index contributed by atoms with van der Waals surface area (Å²) in [4.78, 5) is 0. The Kier molecular flexibility index (Phi) is 5.47. The van der Waals surface area contributed by atoms with Crippen molar-refractivity contribution >= 4 is 0 Å². The molecule has 0 saturated carbocycles. The van der Waals surface area contributed by atoms with Crippen molar-refractivity contribution in [3.63, 3.8) is 0 Å². The molecular formula is C11H21F2NO. The Morgan fingerprint density at radius 3 is 2.87 bits per heavy atom. The summed E-state index contributed by atoms with van der Waals surface area (Å²) < 4.78 is 30.2. The van der Waals surface area contributed by atoms with E-state index in [1.807, 2.05) is 0 Å². The fraction of sp³-hybridized carbons (Fsp3) is 1.00. The van der Waals surface area contributed by atoms with E-state index in [-0.39, 0.29) is 13.0 Å². The summed E-state index contributed by atoms with van der Waals surface area (Å²) >= 11 is 0. The lowest BCUT2D eigenvalue weighted by Gasteiger charge is -2.16. The molecule has 1 rings (SSSR count). The summed E-state index contributed by atoms with van der Waals surface area (Å²) in [5.41, 5.74) is 0. The predicted molar refractivity (Wildman–Crippen MR) is 56.3 cm³/mol. The number of hydrogen-bond donors (Lipinski definition) is 1. The minimum atomic E-state index is -2.60. The molecule has 0 aromatic rings. The molecule has 0 radical (unpaired) electrons. The zero-order valence-electron chi connectivity index (χ0n) is 9.40. The molecule has 1 fully saturated rings. The van der Waals surface area contributed by atoms with Crippen molar-refractivity contribution in [3.8, 4) is 0 Å². The molecule has 1 aliphatic heterocycles. The number of rotatable bonds is 5. The van der Waals surface area contributed by atoms with Crippen LogP contribution in [0.1, 0.15) is 39.0 Å². The van der Waals surface area contributed by atoms with E-state index in [1.165, 1.54) is 19.3 Å². The SMILES string of the molecule is CC(F)(F)CCOCC1CCCCCN1. The van der Waals surface area contributed by atoms with E-state index in [1.54, 1.807) is 0 Å². The molecule has 1 heterocycles. The third-order valence-corrected chi connectivity index (χ3v) is 2.67. The smallest absolute Gasteiger partial charge is 0.247 e. The van der Waals surface area contributed by atoms with E-state index in [0.29, 0.717) is 12.6 Å². The first-order valence-corrected chi connectivity index (χ1v) is 5.77. The molecule has 1 aliphatic rings. The van der Waals surface area contributed by atoms with Crippen molar-refractivity contribution in [1.29, 1.82) is 0 Å². The van der Waals surface area contributed by atoms with Gasteiger partial charge in [-0.15, -0.1) is 0 Å². The average molecular weight is 221 g/mol. The van der Waals surface area contributed by atoms with Crippen molar-refractivity contribution in [1.82, 2.24) is 5.32 Å². The lowest BCUT2D eigenvalue weighted by Crippen LogP contribution is -2.33. The fourth-order valence-electron chi connectivity index (χ4n) is 1.72. The molecule has 90 valence electrons. The average Bonchev–Trinajstić information content (AvgIpc) is 2.39. The van der Waals surface area contributed by atoms with Crippen LogP contribution in [0.4, 0.5) is 8.78 Å². The van der Waals surface area contributed by atoms with Gasteiger partial charge in [-0.05, 0) is 26.3 Å². The maximum Gasteiger partial charge on any atom is 0.247 e. The van der Waals surface area contributed by atoms with E-state index >= 15 is 0 Å². The van der Waals surface area contributed by atoms with Crippen molar-refractivity contribution in [2.75, 3.05) is 19.8 Å². The quantitative estimate of drug-likeness (QED) is 0.720. The number of nitrogens with one attached hydrogen (secondary N) is 1. The fourth-order valence-corrected chi connectivity index (χ4v) is 1.72. The first-order valence-electron chi connectivity index (χ1n) is 5.77. The van der Waals surface area contributed by atoms with Crippen LogP contribution in [0.15, 0.2) is 0 Å². The topological polar surface area (TPSA) is 21.3 Å². The van der Waals surface area contributed by atoms with Crippen molar-refractivity contribution < 1.29 is 13.5 Å². The third-order valence-electron chi connectivity index (χ3n) is 2.67. The molecule has 0 aromatic heterocycles. The van der Waals surface area contributed by atoms with E-state index in [0.717, 1.165) is 19.9 Å². The van der Waals surface area contributed by atoms with Crippen LogP contribution in [0.25, 0.3) is 0 Å². The number of halogens is 2. The van der Waals surface area contributed by atoms with Crippen molar-refractivity contribution in [2.45, 2.75) is 51.0 Å². The van der Waals surface area contributed by atoms with Crippen LogP contribution >= 0.6 is 0 Å².